The minimum Gasteiger partial charge on any atom is -0.498 e. The summed E-state index contributed by atoms with van der Waals surface area (Å²) in [6, 6.07) is 0. The van der Waals surface area contributed by atoms with Crippen molar-refractivity contribution in [3.05, 3.63) is 23.4 Å². The van der Waals surface area contributed by atoms with Crippen molar-refractivity contribution in [1.82, 2.24) is 5.32 Å². The van der Waals surface area contributed by atoms with E-state index in [4.69, 9.17) is 25.8 Å². The van der Waals surface area contributed by atoms with E-state index in [1.807, 2.05) is 0 Å². The molecule has 0 radical (unpaired) electrons. The molecule has 1 aliphatic heterocycles. The molecule has 5 atom stereocenters. The van der Waals surface area contributed by atoms with Crippen molar-refractivity contribution >= 4 is 23.2 Å². The van der Waals surface area contributed by atoms with Crippen LogP contribution < -0.4 is 5.32 Å². The molecule has 1 spiro atoms. The zero-order valence-electron chi connectivity index (χ0n) is 14.9. The summed E-state index contributed by atoms with van der Waals surface area (Å²) in [5, 5.41) is 13.8. The molecular weight excluding hydrogens is 362 g/mol. The molecule has 4 rings (SSSR count). The van der Waals surface area contributed by atoms with Crippen LogP contribution in [0.5, 0.6) is 0 Å². The summed E-state index contributed by atoms with van der Waals surface area (Å²) in [4.78, 5) is 26.1. The summed E-state index contributed by atoms with van der Waals surface area (Å²) in [6.07, 6.45) is 1.01. The molecule has 8 heteroatoms. The van der Waals surface area contributed by atoms with Crippen LogP contribution in [0.3, 0.4) is 0 Å². The highest BCUT2D eigenvalue weighted by Gasteiger charge is 2.82. The molecule has 1 saturated heterocycles. The molecule has 0 aromatic rings. The maximum absolute atomic E-state index is 13.2. The van der Waals surface area contributed by atoms with Gasteiger partial charge in [0, 0.05) is 17.9 Å². The number of hydrogen-bond donors (Lipinski definition) is 2. The number of hydrogen-bond acceptors (Lipinski definition) is 7. The number of ether oxygens (including phenoxy) is 3. The first-order chi connectivity index (χ1) is 12.4. The summed E-state index contributed by atoms with van der Waals surface area (Å²) in [5.41, 5.74) is -3.10. The smallest absolute Gasteiger partial charge is 0.201 e. The molecule has 2 fully saturated rings. The third-order valence-corrected chi connectivity index (χ3v) is 7.40. The van der Waals surface area contributed by atoms with Crippen LogP contribution in [-0.2, 0) is 23.8 Å². The predicted molar refractivity (Wildman–Crippen MR) is 91.2 cm³/mol. The van der Waals surface area contributed by atoms with Gasteiger partial charge in [-0.2, -0.15) is 0 Å². The molecule has 142 valence electrons. The van der Waals surface area contributed by atoms with Gasteiger partial charge in [0.15, 0.2) is 11.5 Å². The maximum atomic E-state index is 13.2. The van der Waals surface area contributed by atoms with Gasteiger partial charge in [-0.3, -0.25) is 9.59 Å². The van der Waals surface area contributed by atoms with Gasteiger partial charge < -0.3 is 24.6 Å². The molecule has 1 heterocycles. The van der Waals surface area contributed by atoms with Gasteiger partial charge in [-0.25, -0.2) is 0 Å². The number of aliphatic hydroxyl groups is 1. The summed E-state index contributed by atoms with van der Waals surface area (Å²) in [7, 11) is 4.31. The van der Waals surface area contributed by atoms with E-state index in [0.29, 0.717) is 25.1 Å². The van der Waals surface area contributed by atoms with Gasteiger partial charge in [0.1, 0.15) is 11.9 Å². The first kappa shape index (κ1) is 17.8. The van der Waals surface area contributed by atoms with E-state index in [-0.39, 0.29) is 29.5 Å². The van der Waals surface area contributed by atoms with Gasteiger partial charge in [0.05, 0.1) is 37.7 Å². The van der Waals surface area contributed by atoms with Gasteiger partial charge in [-0.05, 0) is 19.4 Å². The minimum absolute atomic E-state index is 0.0485. The first-order valence-electron chi connectivity index (χ1n) is 8.59. The lowest BCUT2D eigenvalue weighted by Gasteiger charge is -2.51. The largest absolute Gasteiger partial charge is 0.498 e. The molecule has 0 amide bonds. The van der Waals surface area contributed by atoms with Crippen molar-refractivity contribution in [3.8, 4) is 0 Å². The van der Waals surface area contributed by atoms with E-state index >= 15 is 0 Å². The number of allylic oxidation sites excluding steroid dienone is 2. The van der Waals surface area contributed by atoms with Crippen molar-refractivity contribution in [2.45, 2.75) is 36.3 Å². The number of halogens is 1. The minimum atomic E-state index is -1.35. The lowest BCUT2D eigenvalue weighted by molar-refractivity contribution is -0.146. The Morgan fingerprint density at radius 2 is 1.96 bits per heavy atom. The number of carbonyl (C=O) groups excluding carboxylic acids is 2. The summed E-state index contributed by atoms with van der Waals surface area (Å²) in [5.74, 6) is 0.155. The van der Waals surface area contributed by atoms with Crippen LogP contribution in [0.25, 0.3) is 0 Å². The van der Waals surface area contributed by atoms with Gasteiger partial charge in [0.2, 0.25) is 11.5 Å². The van der Waals surface area contributed by atoms with Crippen molar-refractivity contribution in [1.29, 1.82) is 0 Å². The topological polar surface area (TPSA) is 94.1 Å². The first-order valence-corrected chi connectivity index (χ1v) is 9.03. The Morgan fingerprint density at radius 1 is 1.23 bits per heavy atom. The van der Waals surface area contributed by atoms with Gasteiger partial charge in [-0.15, -0.1) is 11.6 Å². The Hall–Kier alpha value is -1.57. The van der Waals surface area contributed by atoms with Crippen LogP contribution in [0, 0.1) is 10.8 Å². The van der Waals surface area contributed by atoms with E-state index in [1.165, 1.54) is 27.4 Å². The van der Waals surface area contributed by atoms with Crippen molar-refractivity contribution < 1.29 is 28.9 Å². The van der Waals surface area contributed by atoms with Crippen molar-refractivity contribution in [2.24, 2.45) is 10.8 Å². The lowest BCUT2D eigenvalue weighted by atomic mass is 9.52. The molecule has 4 aliphatic rings. The third-order valence-electron chi connectivity index (χ3n) is 6.90. The number of rotatable bonds is 3. The fraction of sp³-hybridized carbons (Fsp3) is 0.667. The van der Waals surface area contributed by atoms with Crippen LogP contribution in [-0.4, -0.2) is 61.6 Å². The zero-order valence-corrected chi connectivity index (χ0v) is 15.7. The van der Waals surface area contributed by atoms with Crippen LogP contribution in [0.1, 0.15) is 19.3 Å². The maximum Gasteiger partial charge on any atom is 0.201 e. The van der Waals surface area contributed by atoms with Crippen LogP contribution in [0.15, 0.2) is 23.4 Å². The van der Waals surface area contributed by atoms with E-state index in [1.54, 1.807) is 0 Å². The molecule has 0 bridgehead atoms. The molecule has 0 aromatic heterocycles. The second-order valence-corrected chi connectivity index (χ2v) is 7.92. The highest BCUT2D eigenvalue weighted by Crippen LogP contribution is 2.72. The number of methoxy groups -OCH3 is 3. The zero-order chi connectivity index (χ0) is 18.9. The molecule has 26 heavy (non-hydrogen) atoms. The second kappa shape index (κ2) is 5.47. The quantitative estimate of drug-likeness (QED) is 0.691. The highest BCUT2D eigenvalue weighted by molar-refractivity contribution is 6.25. The summed E-state index contributed by atoms with van der Waals surface area (Å²) >= 11 is 6.77. The fourth-order valence-electron chi connectivity index (χ4n) is 6.03. The van der Waals surface area contributed by atoms with Gasteiger partial charge >= 0.3 is 0 Å². The monoisotopic (exact) mass is 383 g/mol. The molecule has 2 N–H and O–H groups in total. The van der Waals surface area contributed by atoms with E-state index in [9.17, 15) is 14.7 Å². The highest BCUT2D eigenvalue weighted by atomic mass is 35.5. The predicted octanol–water partition coefficient (Wildman–Crippen LogP) is 0.653. The van der Waals surface area contributed by atoms with Crippen molar-refractivity contribution in [2.75, 3.05) is 27.9 Å². The average molecular weight is 384 g/mol. The Bertz CT molecular complexity index is 763. The molecule has 1 saturated carbocycles. The number of aliphatic hydroxyl groups excluding tert-OH is 1. The molecule has 7 nitrogen and oxygen atoms in total. The van der Waals surface area contributed by atoms with Crippen LogP contribution >= 0.6 is 11.6 Å². The number of ketones is 2. The van der Waals surface area contributed by atoms with Crippen LogP contribution in [0.4, 0.5) is 0 Å². The number of Topliss-reactive ketones (excluding diaryl/α,β-unsaturated/α-hetero) is 1. The van der Waals surface area contributed by atoms with E-state index in [2.05, 4.69) is 5.32 Å². The van der Waals surface area contributed by atoms with E-state index < -0.39 is 27.8 Å². The summed E-state index contributed by atoms with van der Waals surface area (Å²) in [6.45, 7) is 0.574. The summed E-state index contributed by atoms with van der Waals surface area (Å²) < 4.78 is 16.2. The standard InChI is InChI=1S/C18H22ClNO6/c1-24-10-6-12(22)18(14(10)23)11(19)8-17-15(26-3)13(25-2)9(21)7-16(17,18)4-5-20-17/h6,11,14,20,23H,4-5,7-8H2,1-3H3/t11-,14+,16+,17+,18+/m0/s1. The van der Waals surface area contributed by atoms with Crippen LogP contribution in [0.2, 0.25) is 0 Å². The fourth-order valence-corrected chi connectivity index (χ4v) is 6.70. The number of carbonyl (C=O) groups is 2. The van der Waals surface area contributed by atoms with Gasteiger partial charge in [-0.1, -0.05) is 0 Å². The third kappa shape index (κ3) is 1.59. The molecule has 0 aromatic carbocycles. The number of nitrogens with one attached hydrogen (secondary N) is 1. The molecule has 3 aliphatic carbocycles. The molecule has 0 unspecified atom stereocenters. The SMILES string of the molecule is COC1=CC(=O)[C@@]2([C@@H]1O)[C@@H](Cl)C[C@]13NCC[C@]21CC(=O)C(OC)=C3OC. The second-order valence-electron chi connectivity index (χ2n) is 7.39. The van der Waals surface area contributed by atoms with Gasteiger partial charge in [0.25, 0.3) is 0 Å². The average Bonchev–Trinajstić information content (AvgIpc) is 3.16. The normalized spacial score (nSPS) is 44.3. The number of alkyl halides is 1. The Balaban J connectivity index is 2.00. The molecular formula is C18H22ClNO6. The Kier molecular flexibility index (Phi) is 3.75. The van der Waals surface area contributed by atoms with Crippen molar-refractivity contribution in [3.63, 3.8) is 0 Å². The van der Waals surface area contributed by atoms with E-state index in [0.717, 1.165) is 0 Å². The Morgan fingerprint density at radius 3 is 2.54 bits per heavy atom. The lowest BCUT2D eigenvalue weighted by Crippen LogP contribution is -2.63. The Labute approximate surface area is 156 Å².